The summed E-state index contributed by atoms with van der Waals surface area (Å²) < 4.78 is 5.09. The zero-order chi connectivity index (χ0) is 13.0. The molecule has 4 nitrogen and oxygen atoms in total. The van der Waals surface area contributed by atoms with Crippen molar-refractivity contribution in [1.82, 2.24) is 0 Å². The third-order valence-electron chi connectivity index (χ3n) is 2.65. The zero-order valence-electron chi connectivity index (χ0n) is 10.2. The highest BCUT2D eigenvalue weighted by atomic mass is 16.5. The minimum atomic E-state index is -0.880. The van der Waals surface area contributed by atoms with Gasteiger partial charge in [0.05, 0.1) is 13.5 Å². The van der Waals surface area contributed by atoms with Crippen LogP contribution in [0.4, 0.5) is 0 Å². The Morgan fingerprint density at radius 1 is 1.41 bits per heavy atom. The Hall–Kier alpha value is -1.84. The highest BCUT2D eigenvalue weighted by Crippen LogP contribution is 2.27. The molecule has 0 fully saturated rings. The lowest BCUT2D eigenvalue weighted by molar-refractivity contribution is -0.137. The molecule has 0 aliphatic carbocycles. The SMILES string of the molecule is COc1ccc(C(C)=O)c(C(C)CC(=O)O)c1. The first-order chi connectivity index (χ1) is 7.95. The summed E-state index contributed by atoms with van der Waals surface area (Å²) in [4.78, 5) is 22.2. The molecule has 0 heterocycles. The van der Waals surface area contributed by atoms with Gasteiger partial charge in [0, 0.05) is 5.56 Å². The lowest BCUT2D eigenvalue weighted by Crippen LogP contribution is -2.08. The maximum Gasteiger partial charge on any atom is 0.303 e. The Morgan fingerprint density at radius 3 is 2.53 bits per heavy atom. The molecule has 1 aromatic carbocycles. The molecule has 0 aliphatic heterocycles. The standard InChI is InChI=1S/C13H16O4/c1-8(6-13(15)16)12-7-10(17-3)4-5-11(12)9(2)14/h4-5,7-8H,6H2,1-3H3,(H,15,16). The van der Waals surface area contributed by atoms with Crippen molar-refractivity contribution in [3.05, 3.63) is 29.3 Å². The molecular weight excluding hydrogens is 220 g/mol. The number of hydrogen-bond donors (Lipinski definition) is 1. The van der Waals surface area contributed by atoms with Crippen molar-refractivity contribution in [1.29, 1.82) is 0 Å². The molecule has 0 radical (unpaired) electrons. The van der Waals surface area contributed by atoms with E-state index in [-0.39, 0.29) is 18.1 Å². The van der Waals surface area contributed by atoms with Crippen molar-refractivity contribution >= 4 is 11.8 Å². The first-order valence-corrected chi connectivity index (χ1v) is 5.36. The minimum Gasteiger partial charge on any atom is -0.497 e. The van der Waals surface area contributed by atoms with Gasteiger partial charge in [0.25, 0.3) is 0 Å². The third-order valence-corrected chi connectivity index (χ3v) is 2.65. The van der Waals surface area contributed by atoms with E-state index in [1.807, 2.05) is 0 Å². The number of methoxy groups -OCH3 is 1. The molecule has 1 rings (SSSR count). The fourth-order valence-electron chi connectivity index (χ4n) is 1.77. The number of carboxylic acids is 1. The van der Waals surface area contributed by atoms with Crippen LogP contribution in [-0.2, 0) is 4.79 Å². The summed E-state index contributed by atoms with van der Waals surface area (Å²) in [7, 11) is 1.54. The van der Waals surface area contributed by atoms with E-state index in [2.05, 4.69) is 0 Å². The highest BCUT2D eigenvalue weighted by Gasteiger charge is 2.17. The normalized spacial score (nSPS) is 11.9. The van der Waals surface area contributed by atoms with E-state index in [0.29, 0.717) is 11.3 Å². The summed E-state index contributed by atoms with van der Waals surface area (Å²) in [5, 5.41) is 8.79. The predicted octanol–water partition coefficient (Wildman–Crippen LogP) is 2.48. The van der Waals surface area contributed by atoms with Gasteiger partial charge in [-0.05, 0) is 36.6 Å². The van der Waals surface area contributed by atoms with Gasteiger partial charge in [-0.25, -0.2) is 0 Å². The smallest absolute Gasteiger partial charge is 0.303 e. The van der Waals surface area contributed by atoms with Crippen LogP contribution in [0.2, 0.25) is 0 Å². The van der Waals surface area contributed by atoms with Crippen molar-refractivity contribution in [2.45, 2.75) is 26.2 Å². The van der Waals surface area contributed by atoms with Crippen LogP contribution in [0.15, 0.2) is 18.2 Å². The molecule has 0 bridgehead atoms. The Morgan fingerprint density at radius 2 is 2.06 bits per heavy atom. The molecule has 0 spiro atoms. The van der Waals surface area contributed by atoms with Crippen LogP contribution >= 0.6 is 0 Å². The van der Waals surface area contributed by atoms with Crippen LogP contribution < -0.4 is 4.74 Å². The van der Waals surface area contributed by atoms with E-state index in [0.717, 1.165) is 5.56 Å². The Bertz CT molecular complexity index is 437. The fourth-order valence-corrected chi connectivity index (χ4v) is 1.77. The van der Waals surface area contributed by atoms with Gasteiger partial charge >= 0.3 is 5.97 Å². The second-order valence-electron chi connectivity index (χ2n) is 4.01. The number of rotatable bonds is 5. The average Bonchev–Trinajstić information content (AvgIpc) is 2.27. The van der Waals surface area contributed by atoms with Crippen molar-refractivity contribution in [3.63, 3.8) is 0 Å². The van der Waals surface area contributed by atoms with Gasteiger partial charge < -0.3 is 9.84 Å². The maximum absolute atomic E-state index is 11.5. The molecule has 0 aromatic heterocycles. The molecule has 0 amide bonds. The van der Waals surface area contributed by atoms with Crippen LogP contribution in [0.25, 0.3) is 0 Å². The number of aliphatic carboxylic acids is 1. The van der Waals surface area contributed by atoms with Gasteiger partial charge in [0.2, 0.25) is 0 Å². The topological polar surface area (TPSA) is 63.6 Å². The van der Waals surface area contributed by atoms with Gasteiger partial charge in [0.15, 0.2) is 5.78 Å². The molecule has 17 heavy (non-hydrogen) atoms. The summed E-state index contributed by atoms with van der Waals surface area (Å²) >= 11 is 0. The quantitative estimate of drug-likeness (QED) is 0.798. The summed E-state index contributed by atoms with van der Waals surface area (Å²) in [5.41, 5.74) is 1.28. The molecule has 1 atom stereocenters. The van der Waals surface area contributed by atoms with Crippen molar-refractivity contribution < 1.29 is 19.4 Å². The molecule has 0 aliphatic rings. The van der Waals surface area contributed by atoms with Crippen LogP contribution in [0.3, 0.4) is 0 Å². The van der Waals surface area contributed by atoms with E-state index >= 15 is 0 Å². The summed E-state index contributed by atoms with van der Waals surface area (Å²) in [5.74, 6) is -0.543. The van der Waals surface area contributed by atoms with Crippen LogP contribution in [-0.4, -0.2) is 24.0 Å². The molecule has 1 unspecified atom stereocenters. The van der Waals surface area contributed by atoms with E-state index in [4.69, 9.17) is 9.84 Å². The monoisotopic (exact) mass is 236 g/mol. The van der Waals surface area contributed by atoms with E-state index in [9.17, 15) is 9.59 Å². The van der Waals surface area contributed by atoms with Crippen LogP contribution in [0.5, 0.6) is 5.75 Å². The first kappa shape index (κ1) is 13.2. The van der Waals surface area contributed by atoms with Crippen molar-refractivity contribution in [2.75, 3.05) is 7.11 Å². The minimum absolute atomic E-state index is 0.00650. The number of carbonyl (C=O) groups excluding carboxylic acids is 1. The first-order valence-electron chi connectivity index (χ1n) is 5.36. The van der Waals surface area contributed by atoms with E-state index in [1.54, 1.807) is 25.1 Å². The Kier molecular flexibility index (Phi) is 4.26. The number of carbonyl (C=O) groups is 2. The van der Waals surface area contributed by atoms with Gasteiger partial charge in [-0.15, -0.1) is 0 Å². The third kappa shape index (κ3) is 3.31. The number of carboxylic acid groups (broad SMARTS) is 1. The molecule has 1 aromatic rings. The molecule has 4 heteroatoms. The second-order valence-corrected chi connectivity index (χ2v) is 4.01. The Balaban J connectivity index is 3.16. The zero-order valence-corrected chi connectivity index (χ0v) is 10.2. The number of benzene rings is 1. The van der Waals surface area contributed by atoms with Crippen LogP contribution in [0.1, 0.15) is 42.1 Å². The number of Topliss-reactive ketones (excluding diaryl/α,β-unsaturated/α-hetero) is 1. The molecule has 0 saturated heterocycles. The number of ether oxygens (including phenoxy) is 1. The van der Waals surface area contributed by atoms with Crippen molar-refractivity contribution in [2.24, 2.45) is 0 Å². The maximum atomic E-state index is 11.5. The summed E-state index contributed by atoms with van der Waals surface area (Å²) in [6.07, 6.45) is -0.00650. The van der Waals surface area contributed by atoms with Crippen molar-refractivity contribution in [3.8, 4) is 5.75 Å². The second kappa shape index (κ2) is 5.48. The highest BCUT2D eigenvalue weighted by molar-refractivity contribution is 5.96. The number of hydrogen-bond acceptors (Lipinski definition) is 3. The largest absolute Gasteiger partial charge is 0.497 e. The van der Waals surface area contributed by atoms with Crippen LogP contribution in [0, 0.1) is 0 Å². The predicted molar refractivity (Wildman–Crippen MR) is 63.7 cm³/mol. The van der Waals surface area contributed by atoms with Gasteiger partial charge in [-0.3, -0.25) is 9.59 Å². The summed E-state index contributed by atoms with van der Waals surface area (Å²) in [6, 6.07) is 5.10. The van der Waals surface area contributed by atoms with E-state index in [1.165, 1.54) is 14.0 Å². The fraction of sp³-hybridized carbons (Fsp3) is 0.385. The lowest BCUT2D eigenvalue weighted by Gasteiger charge is -2.14. The lowest BCUT2D eigenvalue weighted by atomic mass is 9.91. The summed E-state index contributed by atoms with van der Waals surface area (Å²) in [6.45, 7) is 3.26. The van der Waals surface area contributed by atoms with E-state index < -0.39 is 5.97 Å². The van der Waals surface area contributed by atoms with Gasteiger partial charge in [-0.1, -0.05) is 6.92 Å². The molecule has 92 valence electrons. The average molecular weight is 236 g/mol. The molecule has 1 N–H and O–H groups in total. The molecule has 0 saturated carbocycles. The molecular formula is C13H16O4. The number of ketones is 1. The van der Waals surface area contributed by atoms with Gasteiger partial charge in [-0.2, -0.15) is 0 Å². The Labute approximate surface area is 100 Å². The van der Waals surface area contributed by atoms with Gasteiger partial charge in [0.1, 0.15) is 5.75 Å².